The Kier molecular flexibility index (Phi) is 10.3. The molecule has 0 aliphatic carbocycles. The van der Waals surface area contributed by atoms with Crippen molar-refractivity contribution in [2.24, 2.45) is 11.5 Å². The van der Waals surface area contributed by atoms with E-state index in [9.17, 15) is 0 Å². The van der Waals surface area contributed by atoms with Crippen molar-refractivity contribution in [3.8, 4) is 0 Å². The highest BCUT2D eigenvalue weighted by Gasteiger charge is 2.03. The highest BCUT2D eigenvalue weighted by Crippen LogP contribution is 1.94. The third-order valence-corrected chi connectivity index (χ3v) is 1.77. The average molecular weight is 255 g/mol. The van der Waals surface area contributed by atoms with Crippen LogP contribution in [0.3, 0.4) is 0 Å². The quantitative estimate of drug-likeness (QED) is 0.333. The van der Waals surface area contributed by atoms with Crippen LogP contribution in [0, 0.1) is 0 Å². The van der Waals surface area contributed by atoms with Gasteiger partial charge in [-0.1, -0.05) is 0 Å². The lowest BCUT2D eigenvalue weighted by molar-refractivity contribution is -0.0256. The molecule has 0 saturated heterocycles. The predicted molar refractivity (Wildman–Crippen MR) is 64.5 cm³/mol. The minimum atomic E-state index is -0.451. The summed E-state index contributed by atoms with van der Waals surface area (Å²) in [5.74, 6) is 0. The maximum atomic E-state index is 5.55. The van der Waals surface area contributed by atoms with Crippen molar-refractivity contribution in [1.82, 2.24) is 0 Å². The molecule has 0 bridgehead atoms. The molecule has 98 valence electrons. The van der Waals surface area contributed by atoms with Crippen LogP contribution in [-0.4, -0.2) is 50.7 Å². The average Bonchev–Trinajstić information content (AvgIpc) is 2.19. The van der Waals surface area contributed by atoms with Gasteiger partial charge in [0.1, 0.15) is 5.50 Å². The van der Waals surface area contributed by atoms with Crippen LogP contribution in [0.2, 0.25) is 0 Å². The largest absolute Gasteiger partial charge is 0.376 e. The van der Waals surface area contributed by atoms with Crippen LogP contribution in [0.1, 0.15) is 13.8 Å². The smallest absolute Gasteiger partial charge is 0.104 e. The molecule has 0 aromatic heterocycles. The molecule has 0 aromatic carbocycles. The molecule has 0 radical (unpaired) electrons. The second kappa shape index (κ2) is 10.3. The van der Waals surface area contributed by atoms with Gasteiger partial charge in [0.15, 0.2) is 0 Å². The second-order valence-corrected chi connectivity index (χ2v) is 4.35. The fourth-order valence-electron chi connectivity index (χ4n) is 0.927. The standard InChI is InChI=1S/C10H23ClN2O3/c1-8(12)5-16-9(2)6-14-3-4-15-7-10(11)13/h8-10H,3-7,12-13H2,1-2H3. The van der Waals surface area contributed by atoms with E-state index >= 15 is 0 Å². The normalized spacial score (nSPS) is 17.1. The molecule has 0 spiro atoms. The van der Waals surface area contributed by atoms with Gasteiger partial charge in [-0.25, -0.2) is 0 Å². The van der Waals surface area contributed by atoms with E-state index in [1.807, 2.05) is 13.8 Å². The molecular formula is C10H23ClN2O3. The Morgan fingerprint density at radius 3 is 2.06 bits per heavy atom. The number of ether oxygens (including phenoxy) is 3. The van der Waals surface area contributed by atoms with Crippen molar-refractivity contribution in [2.45, 2.75) is 31.5 Å². The van der Waals surface area contributed by atoms with Gasteiger partial charge >= 0.3 is 0 Å². The van der Waals surface area contributed by atoms with Crippen LogP contribution >= 0.6 is 11.6 Å². The molecule has 0 aliphatic rings. The zero-order valence-electron chi connectivity index (χ0n) is 10.0. The molecule has 6 heteroatoms. The summed E-state index contributed by atoms with van der Waals surface area (Å²) in [5, 5.41) is 0. The number of rotatable bonds is 10. The monoisotopic (exact) mass is 254 g/mol. The van der Waals surface area contributed by atoms with Crippen molar-refractivity contribution in [3.05, 3.63) is 0 Å². The molecule has 5 nitrogen and oxygen atoms in total. The maximum Gasteiger partial charge on any atom is 0.104 e. The molecule has 3 unspecified atom stereocenters. The minimum Gasteiger partial charge on any atom is -0.376 e. The van der Waals surface area contributed by atoms with Gasteiger partial charge < -0.3 is 25.7 Å². The van der Waals surface area contributed by atoms with E-state index in [-0.39, 0.29) is 12.1 Å². The van der Waals surface area contributed by atoms with Gasteiger partial charge in [-0.2, -0.15) is 0 Å². The number of nitrogens with two attached hydrogens (primary N) is 2. The maximum absolute atomic E-state index is 5.55. The first-order valence-electron chi connectivity index (χ1n) is 5.44. The summed E-state index contributed by atoms with van der Waals surface area (Å²) in [4.78, 5) is 0. The lowest BCUT2D eigenvalue weighted by Crippen LogP contribution is -2.27. The summed E-state index contributed by atoms with van der Waals surface area (Å²) in [6.45, 7) is 6.25. The topological polar surface area (TPSA) is 79.7 Å². The number of hydrogen-bond acceptors (Lipinski definition) is 5. The Labute approximate surface area is 102 Å². The van der Waals surface area contributed by atoms with Crippen LogP contribution in [0.25, 0.3) is 0 Å². The highest BCUT2D eigenvalue weighted by atomic mass is 35.5. The van der Waals surface area contributed by atoms with E-state index in [1.165, 1.54) is 0 Å². The molecule has 16 heavy (non-hydrogen) atoms. The summed E-state index contributed by atoms with van der Waals surface area (Å²) in [6, 6.07) is 0.0518. The molecule has 0 fully saturated rings. The summed E-state index contributed by atoms with van der Waals surface area (Å²) in [6.07, 6.45) is 0.0429. The fourth-order valence-corrected chi connectivity index (χ4v) is 1.02. The Balaban J connectivity index is 3.18. The van der Waals surface area contributed by atoms with Crippen LogP contribution in [0.5, 0.6) is 0 Å². The highest BCUT2D eigenvalue weighted by molar-refractivity contribution is 6.20. The van der Waals surface area contributed by atoms with Crippen molar-refractivity contribution in [2.75, 3.05) is 33.0 Å². The van der Waals surface area contributed by atoms with Crippen molar-refractivity contribution in [1.29, 1.82) is 0 Å². The van der Waals surface area contributed by atoms with Crippen LogP contribution in [-0.2, 0) is 14.2 Å². The van der Waals surface area contributed by atoms with Gasteiger partial charge in [-0.05, 0) is 13.8 Å². The molecule has 0 rings (SSSR count). The number of halogens is 1. The number of alkyl halides is 1. The first-order valence-corrected chi connectivity index (χ1v) is 5.88. The van der Waals surface area contributed by atoms with Gasteiger partial charge in [0.25, 0.3) is 0 Å². The molecule has 0 saturated carbocycles. The Morgan fingerprint density at radius 1 is 1.00 bits per heavy atom. The fraction of sp³-hybridized carbons (Fsp3) is 1.00. The van der Waals surface area contributed by atoms with Gasteiger partial charge in [-0.15, -0.1) is 11.6 Å². The van der Waals surface area contributed by atoms with E-state index in [1.54, 1.807) is 0 Å². The van der Waals surface area contributed by atoms with E-state index < -0.39 is 5.50 Å². The Hall–Kier alpha value is 0.0900. The zero-order valence-corrected chi connectivity index (χ0v) is 10.8. The molecule has 0 heterocycles. The predicted octanol–water partition coefficient (Wildman–Crippen LogP) is 0.296. The van der Waals surface area contributed by atoms with E-state index in [2.05, 4.69) is 0 Å². The SMILES string of the molecule is CC(N)COC(C)COCCOCC(N)Cl. The number of hydrogen-bond donors (Lipinski definition) is 2. The third-order valence-electron chi connectivity index (χ3n) is 1.65. The summed E-state index contributed by atoms with van der Waals surface area (Å²) < 4.78 is 15.9. The van der Waals surface area contributed by atoms with Crippen LogP contribution in [0.4, 0.5) is 0 Å². The molecule has 4 N–H and O–H groups in total. The molecular weight excluding hydrogens is 232 g/mol. The van der Waals surface area contributed by atoms with Crippen molar-refractivity contribution >= 4 is 11.6 Å². The Bertz CT molecular complexity index is 159. The molecule has 3 atom stereocenters. The van der Waals surface area contributed by atoms with E-state index in [4.69, 9.17) is 37.3 Å². The molecule has 0 amide bonds. The molecule has 0 aliphatic heterocycles. The summed E-state index contributed by atoms with van der Waals surface area (Å²) >= 11 is 5.49. The molecule has 0 aromatic rings. The Morgan fingerprint density at radius 2 is 1.56 bits per heavy atom. The minimum absolute atomic E-state index is 0.0429. The first kappa shape index (κ1) is 16.1. The summed E-state index contributed by atoms with van der Waals surface area (Å²) in [7, 11) is 0. The second-order valence-electron chi connectivity index (χ2n) is 3.79. The summed E-state index contributed by atoms with van der Waals surface area (Å²) in [5.41, 5.74) is 10.4. The van der Waals surface area contributed by atoms with Gasteiger partial charge in [-0.3, -0.25) is 0 Å². The third kappa shape index (κ3) is 12.2. The first-order chi connectivity index (χ1) is 7.52. The van der Waals surface area contributed by atoms with Crippen molar-refractivity contribution < 1.29 is 14.2 Å². The van der Waals surface area contributed by atoms with Crippen LogP contribution < -0.4 is 11.5 Å². The lowest BCUT2D eigenvalue weighted by atomic mass is 10.4. The van der Waals surface area contributed by atoms with E-state index in [0.717, 1.165) is 0 Å². The zero-order chi connectivity index (χ0) is 12.4. The van der Waals surface area contributed by atoms with E-state index in [0.29, 0.717) is 33.0 Å². The van der Waals surface area contributed by atoms with Gasteiger partial charge in [0.2, 0.25) is 0 Å². The van der Waals surface area contributed by atoms with Crippen LogP contribution in [0.15, 0.2) is 0 Å². The van der Waals surface area contributed by atoms with Gasteiger partial charge in [0, 0.05) is 6.04 Å². The lowest BCUT2D eigenvalue weighted by Gasteiger charge is -2.15. The van der Waals surface area contributed by atoms with Gasteiger partial charge in [0.05, 0.1) is 39.1 Å². The van der Waals surface area contributed by atoms with Crippen molar-refractivity contribution in [3.63, 3.8) is 0 Å².